The third kappa shape index (κ3) is 2.22. The molecule has 0 radical (unpaired) electrons. The summed E-state index contributed by atoms with van der Waals surface area (Å²) in [6, 6.07) is 0. The van der Waals surface area contributed by atoms with Gasteiger partial charge >= 0.3 is 0 Å². The number of anilines is 1. The van der Waals surface area contributed by atoms with Crippen molar-refractivity contribution in [2.45, 2.75) is 6.92 Å². The maximum atomic E-state index is 4.39. The van der Waals surface area contributed by atoms with Gasteiger partial charge in [-0.05, 0) is 17.9 Å². The maximum absolute atomic E-state index is 4.39. The van der Waals surface area contributed by atoms with Crippen molar-refractivity contribution in [2.75, 3.05) is 18.0 Å². The van der Waals surface area contributed by atoms with Gasteiger partial charge in [-0.25, -0.2) is 9.97 Å². The summed E-state index contributed by atoms with van der Waals surface area (Å²) in [5.41, 5.74) is 2.24. The first-order valence-electron chi connectivity index (χ1n) is 5.43. The number of rotatable bonds is 5. The molecule has 0 N–H and O–H groups in total. The van der Waals surface area contributed by atoms with Crippen LogP contribution in [0.15, 0.2) is 37.0 Å². The second kappa shape index (κ2) is 5.10. The lowest BCUT2D eigenvalue weighted by atomic mass is 10.3. The topological polar surface area (TPSA) is 29.0 Å². The molecule has 0 aromatic carbocycles. The van der Waals surface area contributed by atoms with Crippen LogP contribution in [0.1, 0.15) is 5.56 Å². The fraction of sp³-hybridized carbons (Fsp3) is 0.231. The van der Waals surface area contributed by atoms with E-state index >= 15 is 0 Å². The van der Waals surface area contributed by atoms with Crippen LogP contribution in [0.2, 0.25) is 0 Å². The number of thiophene rings is 1. The minimum Gasteiger partial charge on any atom is -0.348 e. The Balaban J connectivity index is 2.51. The number of fused-ring (bicyclic) bond motifs is 1. The van der Waals surface area contributed by atoms with Gasteiger partial charge in [0.2, 0.25) is 0 Å². The summed E-state index contributed by atoms with van der Waals surface area (Å²) < 4.78 is 1.13. The molecule has 17 heavy (non-hydrogen) atoms. The van der Waals surface area contributed by atoms with Crippen molar-refractivity contribution in [2.24, 2.45) is 0 Å². The highest BCUT2D eigenvalue weighted by Gasteiger charge is 2.12. The van der Waals surface area contributed by atoms with Gasteiger partial charge in [-0.1, -0.05) is 12.2 Å². The number of hydrogen-bond donors (Lipinski definition) is 0. The van der Waals surface area contributed by atoms with E-state index in [0.717, 1.165) is 29.1 Å². The van der Waals surface area contributed by atoms with Crippen LogP contribution in [0.3, 0.4) is 0 Å². The van der Waals surface area contributed by atoms with E-state index in [2.05, 4.69) is 40.3 Å². The fourth-order valence-electron chi connectivity index (χ4n) is 1.74. The van der Waals surface area contributed by atoms with E-state index in [1.807, 2.05) is 12.2 Å². The Bertz CT molecular complexity index is 535. The van der Waals surface area contributed by atoms with Gasteiger partial charge in [0.25, 0.3) is 0 Å². The van der Waals surface area contributed by atoms with Gasteiger partial charge in [0.1, 0.15) is 6.33 Å². The summed E-state index contributed by atoms with van der Waals surface area (Å²) in [5, 5.41) is 2.11. The molecule has 2 heterocycles. The minimum atomic E-state index is 0.759. The molecule has 0 fully saturated rings. The van der Waals surface area contributed by atoms with Crippen LogP contribution in [0.25, 0.3) is 10.2 Å². The van der Waals surface area contributed by atoms with Crippen LogP contribution in [-0.4, -0.2) is 23.1 Å². The van der Waals surface area contributed by atoms with E-state index in [-0.39, 0.29) is 0 Å². The summed E-state index contributed by atoms with van der Waals surface area (Å²) in [7, 11) is 0. The summed E-state index contributed by atoms with van der Waals surface area (Å²) in [4.78, 5) is 10.9. The average Bonchev–Trinajstić information content (AvgIpc) is 2.71. The molecule has 2 aromatic heterocycles. The average molecular weight is 245 g/mol. The summed E-state index contributed by atoms with van der Waals surface area (Å²) in [6.07, 6.45) is 5.37. The number of aryl methyl sites for hydroxylation is 1. The van der Waals surface area contributed by atoms with Crippen LogP contribution in [0.4, 0.5) is 5.82 Å². The molecule has 88 valence electrons. The van der Waals surface area contributed by atoms with Crippen LogP contribution < -0.4 is 4.90 Å². The molecule has 0 saturated carbocycles. The van der Waals surface area contributed by atoms with E-state index in [9.17, 15) is 0 Å². The second-order valence-electron chi connectivity index (χ2n) is 3.78. The minimum absolute atomic E-state index is 0.759. The molecule has 4 heteroatoms. The Morgan fingerprint density at radius 3 is 2.65 bits per heavy atom. The zero-order valence-electron chi connectivity index (χ0n) is 9.89. The molecule has 0 aliphatic heterocycles. The number of hydrogen-bond acceptors (Lipinski definition) is 4. The molecule has 0 unspecified atom stereocenters. The third-order valence-corrected chi connectivity index (χ3v) is 3.59. The predicted molar refractivity (Wildman–Crippen MR) is 74.8 cm³/mol. The zero-order chi connectivity index (χ0) is 12.3. The first-order valence-corrected chi connectivity index (χ1v) is 6.31. The first-order chi connectivity index (χ1) is 8.27. The Morgan fingerprint density at radius 2 is 2.00 bits per heavy atom. The van der Waals surface area contributed by atoms with E-state index in [1.54, 1.807) is 17.7 Å². The van der Waals surface area contributed by atoms with Gasteiger partial charge in [0, 0.05) is 13.1 Å². The highest BCUT2D eigenvalue weighted by Crippen LogP contribution is 2.30. The van der Waals surface area contributed by atoms with Crippen molar-refractivity contribution in [1.29, 1.82) is 0 Å². The van der Waals surface area contributed by atoms with Crippen LogP contribution in [0, 0.1) is 6.92 Å². The highest BCUT2D eigenvalue weighted by atomic mass is 32.1. The van der Waals surface area contributed by atoms with Crippen molar-refractivity contribution in [1.82, 2.24) is 9.97 Å². The summed E-state index contributed by atoms with van der Waals surface area (Å²) in [6.45, 7) is 11.1. The lowest BCUT2D eigenvalue weighted by molar-refractivity contribution is 0.930. The molecule has 2 rings (SSSR count). The quantitative estimate of drug-likeness (QED) is 0.758. The van der Waals surface area contributed by atoms with Crippen LogP contribution in [-0.2, 0) is 0 Å². The van der Waals surface area contributed by atoms with Gasteiger partial charge in [-0.3, -0.25) is 0 Å². The Kier molecular flexibility index (Phi) is 3.54. The summed E-state index contributed by atoms with van der Waals surface area (Å²) >= 11 is 1.69. The third-order valence-electron chi connectivity index (χ3n) is 2.51. The Hall–Kier alpha value is -1.68. The zero-order valence-corrected chi connectivity index (χ0v) is 10.7. The summed E-state index contributed by atoms with van der Waals surface area (Å²) in [5.74, 6) is 0.966. The normalized spacial score (nSPS) is 10.4. The van der Waals surface area contributed by atoms with Crippen molar-refractivity contribution in [3.05, 3.63) is 42.6 Å². The van der Waals surface area contributed by atoms with Crippen molar-refractivity contribution in [3.8, 4) is 0 Å². The molecule has 0 bridgehead atoms. The number of nitrogens with zero attached hydrogens (tertiary/aromatic N) is 3. The lowest BCUT2D eigenvalue weighted by Gasteiger charge is -2.20. The molecule has 2 aromatic rings. The first kappa shape index (κ1) is 11.8. The Morgan fingerprint density at radius 1 is 1.29 bits per heavy atom. The van der Waals surface area contributed by atoms with Gasteiger partial charge < -0.3 is 4.90 Å². The molecular formula is C13H15N3S. The van der Waals surface area contributed by atoms with E-state index in [4.69, 9.17) is 0 Å². The second-order valence-corrected chi connectivity index (χ2v) is 4.66. The molecule has 0 atom stereocenters. The standard InChI is InChI=1S/C13H15N3S/c1-4-6-16(7-5-2)13-12-11(14-9-15-13)10(3)8-17-12/h4-5,8-9H,1-2,6-7H2,3H3. The Labute approximate surface area is 105 Å². The van der Waals surface area contributed by atoms with Crippen molar-refractivity contribution in [3.63, 3.8) is 0 Å². The maximum Gasteiger partial charge on any atom is 0.150 e. The van der Waals surface area contributed by atoms with Gasteiger partial charge in [0.05, 0.1) is 10.2 Å². The molecule has 0 aliphatic carbocycles. The fourth-order valence-corrected chi connectivity index (χ4v) is 2.76. The highest BCUT2D eigenvalue weighted by molar-refractivity contribution is 7.18. The van der Waals surface area contributed by atoms with Crippen LogP contribution in [0.5, 0.6) is 0 Å². The molecule has 0 spiro atoms. The van der Waals surface area contributed by atoms with Gasteiger partial charge in [-0.2, -0.15) is 0 Å². The molecular weight excluding hydrogens is 230 g/mol. The molecule has 0 saturated heterocycles. The molecule has 0 aliphatic rings. The number of aromatic nitrogens is 2. The van der Waals surface area contributed by atoms with Gasteiger partial charge in [-0.15, -0.1) is 24.5 Å². The predicted octanol–water partition coefficient (Wildman–Crippen LogP) is 3.18. The molecule has 3 nitrogen and oxygen atoms in total. The smallest absolute Gasteiger partial charge is 0.150 e. The SMILES string of the molecule is C=CCN(CC=C)c1ncnc2c(C)csc12. The van der Waals surface area contributed by atoms with Crippen molar-refractivity contribution < 1.29 is 0 Å². The van der Waals surface area contributed by atoms with Crippen molar-refractivity contribution >= 4 is 27.4 Å². The van der Waals surface area contributed by atoms with E-state index < -0.39 is 0 Å². The lowest BCUT2D eigenvalue weighted by Crippen LogP contribution is -2.24. The van der Waals surface area contributed by atoms with Crippen LogP contribution >= 0.6 is 11.3 Å². The van der Waals surface area contributed by atoms with E-state index in [1.165, 1.54) is 5.56 Å². The van der Waals surface area contributed by atoms with Gasteiger partial charge in [0.15, 0.2) is 5.82 Å². The largest absolute Gasteiger partial charge is 0.348 e. The monoisotopic (exact) mass is 245 g/mol. The van der Waals surface area contributed by atoms with E-state index in [0.29, 0.717) is 0 Å². The molecule has 0 amide bonds.